The van der Waals surface area contributed by atoms with E-state index in [1.165, 1.54) is 0 Å². The number of nitrogens with one attached hydrogen (secondary N) is 2. The summed E-state index contributed by atoms with van der Waals surface area (Å²) in [5, 5.41) is 6.33. The number of amides is 4. The lowest BCUT2D eigenvalue weighted by Crippen LogP contribution is -2.50. The van der Waals surface area contributed by atoms with Crippen LogP contribution in [-0.2, 0) is 9.59 Å². The van der Waals surface area contributed by atoms with Crippen molar-refractivity contribution in [2.75, 3.05) is 32.7 Å². The molecule has 152 valence electrons. The van der Waals surface area contributed by atoms with Crippen molar-refractivity contribution in [2.24, 2.45) is 17.8 Å². The summed E-state index contributed by atoms with van der Waals surface area (Å²) in [7, 11) is 0. The highest BCUT2D eigenvalue weighted by molar-refractivity contribution is 6.09. The van der Waals surface area contributed by atoms with Crippen molar-refractivity contribution in [3.8, 4) is 0 Å². The number of urea groups is 1. The Labute approximate surface area is 167 Å². The third-order valence-corrected chi connectivity index (χ3v) is 7.04. The van der Waals surface area contributed by atoms with E-state index in [4.69, 9.17) is 0 Å². The van der Waals surface area contributed by atoms with E-state index in [0.29, 0.717) is 30.6 Å². The van der Waals surface area contributed by atoms with Crippen molar-refractivity contribution < 1.29 is 14.4 Å². The highest BCUT2D eigenvalue weighted by Crippen LogP contribution is 2.36. The van der Waals surface area contributed by atoms with Gasteiger partial charge in [-0.05, 0) is 69.4 Å². The molecule has 3 heterocycles. The van der Waals surface area contributed by atoms with Crippen LogP contribution in [0.15, 0.2) is 0 Å². The highest BCUT2D eigenvalue weighted by Gasteiger charge is 2.52. The summed E-state index contributed by atoms with van der Waals surface area (Å²) in [5.74, 6) is 1.60. The van der Waals surface area contributed by atoms with E-state index >= 15 is 0 Å². The molecule has 0 aromatic rings. The maximum Gasteiger partial charge on any atom is 0.325 e. The molecule has 1 saturated carbocycles. The van der Waals surface area contributed by atoms with Crippen LogP contribution < -0.4 is 10.6 Å². The highest BCUT2D eigenvalue weighted by atomic mass is 35.5. The van der Waals surface area contributed by atoms with Gasteiger partial charge in [0, 0.05) is 13.1 Å². The first-order chi connectivity index (χ1) is 12.5. The summed E-state index contributed by atoms with van der Waals surface area (Å²) in [4.78, 5) is 41.1. The van der Waals surface area contributed by atoms with Gasteiger partial charge < -0.3 is 15.5 Å². The van der Waals surface area contributed by atoms with Crippen LogP contribution in [0.3, 0.4) is 0 Å². The van der Waals surface area contributed by atoms with Crippen molar-refractivity contribution in [1.82, 2.24) is 20.4 Å². The fourth-order valence-electron chi connectivity index (χ4n) is 5.12. The lowest BCUT2D eigenvalue weighted by molar-refractivity contribution is -0.139. The first-order valence-electron chi connectivity index (χ1n) is 10.1. The van der Waals surface area contributed by atoms with Gasteiger partial charge in [-0.2, -0.15) is 0 Å². The van der Waals surface area contributed by atoms with Crippen molar-refractivity contribution in [2.45, 2.75) is 51.0 Å². The summed E-state index contributed by atoms with van der Waals surface area (Å²) >= 11 is 0. The number of fused-ring (bicyclic) bond motifs is 1. The van der Waals surface area contributed by atoms with Crippen LogP contribution in [0.2, 0.25) is 0 Å². The fourth-order valence-corrected chi connectivity index (χ4v) is 5.12. The van der Waals surface area contributed by atoms with Gasteiger partial charge in [0.25, 0.3) is 5.91 Å². The van der Waals surface area contributed by atoms with Crippen LogP contribution in [0.4, 0.5) is 4.79 Å². The first kappa shape index (κ1) is 20.4. The summed E-state index contributed by atoms with van der Waals surface area (Å²) in [6.45, 7) is 5.61. The minimum Gasteiger partial charge on any atom is -0.341 e. The van der Waals surface area contributed by atoms with Crippen LogP contribution >= 0.6 is 12.4 Å². The van der Waals surface area contributed by atoms with Crippen molar-refractivity contribution in [1.29, 1.82) is 0 Å². The molecule has 0 unspecified atom stereocenters. The van der Waals surface area contributed by atoms with Crippen molar-refractivity contribution in [3.05, 3.63) is 0 Å². The number of carbonyl (C=O) groups is 3. The SMILES string of the molecule is CC1CCC2(CC1)NC(=O)N(CC(=O)N1CC[C@@H]3CNC[C@@H]3CC1)C2=O.Cl. The predicted octanol–water partition coefficient (Wildman–Crippen LogP) is 1.37. The molecule has 1 aliphatic carbocycles. The molecule has 0 aromatic carbocycles. The van der Waals surface area contributed by atoms with E-state index in [0.717, 1.165) is 56.8 Å². The molecule has 4 aliphatic rings. The number of rotatable bonds is 2. The van der Waals surface area contributed by atoms with Gasteiger partial charge in [0.1, 0.15) is 12.1 Å². The van der Waals surface area contributed by atoms with Gasteiger partial charge in [0.15, 0.2) is 0 Å². The van der Waals surface area contributed by atoms with Gasteiger partial charge in [-0.1, -0.05) is 6.92 Å². The molecule has 2 N–H and O–H groups in total. The number of imide groups is 1. The zero-order valence-electron chi connectivity index (χ0n) is 16.0. The number of hydrogen-bond acceptors (Lipinski definition) is 4. The van der Waals surface area contributed by atoms with E-state index in [-0.39, 0.29) is 30.8 Å². The molecule has 4 fully saturated rings. The van der Waals surface area contributed by atoms with E-state index in [9.17, 15) is 14.4 Å². The molecule has 0 radical (unpaired) electrons. The third-order valence-electron chi connectivity index (χ3n) is 7.04. The topological polar surface area (TPSA) is 81.8 Å². The predicted molar refractivity (Wildman–Crippen MR) is 104 cm³/mol. The molecule has 0 aromatic heterocycles. The summed E-state index contributed by atoms with van der Waals surface area (Å²) < 4.78 is 0. The Kier molecular flexibility index (Phi) is 6.01. The average molecular weight is 399 g/mol. The van der Waals surface area contributed by atoms with Crippen molar-refractivity contribution in [3.63, 3.8) is 0 Å². The van der Waals surface area contributed by atoms with E-state index in [1.54, 1.807) is 0 Å². The Morgan fingerprint density at radius 2 is 1.67 bits per heavy atom. The Morgan fingerprint density at radius 1 is 1.07 bits per heavy atom. The number of carbonyl (C=O) groups excluding carboxylic acids is 3. The van der Waals surface area contributed by atoms with E-state index < -0.39 is 11.6 Å². The van der Waals surface area contributed by atoms with Crippen LogP contribution in [-0.4, -0.2) is 65.9 Å². The molecule has 4 rings (SSSR count). The van der Waals surface area contributed by atoms with Gasteiger partial charge in [-0.25, -0.2) is 4.79 Å². The molecule has 8 heteroatoms. The molecular weight excluding hydrogens is 368 g/mol. The van der Waals surface area contributed by atoms with Crippen molar-refractivity contribution >= 4 is 30.3 Å². The largest absolute Gasteiger partial charge is 0.341 e. The van der Waals surface area contributed by atoms with Crippen LogP contribution in [0, 0.1) is 17.8 Å². The molecule has 27 heavy (non-hydrogen) atoms. The molecular formula is C19H31ClN4O3. The lowest BCUT2D eigenvalue weighted by Gasteiger charge is -2.33. The average Bonchev–Trinajstić information content (AvgIpc) is 3.09. The zero-order chi connectivity index (χ0) is 18.3. The smallest absolute Gasteiger partial charge is 0.325 e. The Morgan fingerprint density at radius 3 is 2.26 bits per heavy atom. The molecule has 3 aliphatic heterocycles. The minimum absolute atomic E-state index is 0. The lowest BCUT2D eigenvalue weighted by atomic mass is 9.77. The number of nitrogens with zero attached hydrogens (tertiary/aromatic N) is 2. The molecule has 1 spiro atoms. The van der Waals surface area contributed by atoms with Crippen LogP contribution in [0.5, 0.6) is 0 Å². The quantitative estimate of drug-likeness (QED) is 0.688. The number of hydrogen-bond donors (Lipinski definition) is 2. The summed E-state index contributed by atoms with van der Waals surface area (Å²) in [5.41, 5.74) is -0.759. The van der Waals surface area contributed by atoms with Crippen LogP contribution in [0.25, 0.3) is 0 Å². The van der Waals surface area contributed by atoms with Gasteiger partial charge in [0.05, 0.1) is 0 Å². The maximum atomic E-state index is 12.9. The van der Waals surface area contributed by atoms with E-state index in [2.05, 4.69) is 17.6 Å². The fraction of sp³-hybridized carbons (Fsp3) is 0.842. The summed E-state index contributed by atoms with van der Waals surface area (Å²) in [6, 6.07) is -0.395. The molecule has 0 bridgehead atoms. The molecule has 4 amide bonds. The van der Waals surface area contributed by atoms with Gasteiger partial charge >= 0.3 is 6.03 Å². The van der Waals surface area contributed by atoms with Gasteiger partial charge in [-0.15, -0.1) is 12.4 Å². The van der Waals surface area contributed by atoms with Gasteiger partial charge in [-0.3, -0.25) is 14.5 Å². The normalized spacial score (nSPS) is 36.3. The molecule has 3 saturated heterocycles. The number of halogens is 1. The Balaban J connectivity index is 0.00000210. The zero-order valence-corrected chi connectivity index (χ0v) is 16.9. The second-order valence-electron chi connectivity index (χ2n) is 8.72. The Hall–Kier alpha value is -1.34. The Bertz CT molecular complexity index is 592. The van der Waals surface area contributed by atoms with Crippen LogP contribution in [0.1, 0.15) is 45.4 Å². The first-order valence-corrected chi connectivity index (χ1v) is 10.1. The third kappa shape index (κ3) is 3.81. The minimum atomic E-state index is -0.759. The van der Waals surface area contributed by atoms with Gasteiger partial charge in [0.2, 0.25) is 5.91 Å². The monoisotopic (exact) mass is 398 g/mol. The summed E-state index contributed by atoms with van der Waals surface area (Å²) in [6.07, 6.45) is 5.26. The maximum absolute atomic E-state index is 12.9. The molecule has 7 nitrogen and oxygen atoms in total. The second kappa shape index (κ2) is 7.95. The standard InChI is InChI=1S/C19H30N4O3.ClH/c1-13-2-6-19(7-3-13)17(25)23(18(26)21-19)12-16(24)22-8-4-14-10-20-11-15(14)5-9-22;/h13-15,20H,2-12H2,1H3,(H,21,26);1H/t13?,14-,15+,19?;. The second-order valence-corrected chi connectivity index (χ2v) is 8.72. The number of likely N-dealkylation sites (tertiary alicyclic amines) is 1. The van der Waals surface area contributed by atoms with E-state index in [1.807, 2.05) is 4.90 Å². The molecule has 2 atom stereocenters.